The number of nitrogens with zero attached hydrogens (tertiary/aromatic N) is 3. The van der Waals surface area contributed by atoms with Gasteiger partial charge in [-0.05, 0) is 36.2 Å². The van der Waals surface area contributed by atoms with Crippen LogP contribution in [0.4, 0.5) is 10.5 Å². The molecule has 2 aromatic carbocycles. The lowest BCUT2D eigenvalue weighted by Crippen LogP contribution is -2.52. The van der Waals surface area contributed by atoms with Gasteiger partial charge in [0.25, 0.3) is 0 Å². The van der Waals surface area contributed by atoms with Crippen LogP contribution in [0.15, 0.2) is 48.5 Å². The molecule has 1 aliphatic rings. The molecule has 0 unspecified atom stereocenters. The number of hydrogen-bond donors (Lipinski definition) is 1. The number of hydrogen-bond acceptors (Lipinski definition) is 3. The topological polar surface area (TPSA) is 59.4 Å². The van der Waals surface area contributed by atoms with Crippen LogP contribution in [0.2, 0.25) is 5.02 Å². The Balaban J connectivity index is 1.46. The van der Waals surface area contributed by atoms with E-state index < -0.39 is 0 Å². The first kappa shape index (κ1) is 18.1. The molecule has 0 aromatic heterocycles. The number of carbonyl (C=O) groups excluding carboxylic acids is 1. The zero-order chi connectivity index (χ0) is 18.4. The summed E-state index contributed by atoms with van der Waals surface area (Å²) >= 11 is 5.87. The van der Waals surface area contributed by atoms with Gasteiger partial charge in [0, 0.05) is 37.7 Å². The molecule has 0 bridgehead atoms. The molecule has 0 radical (unpaired) electrons. The maximum Gasteiger partial charge on any atom is 0.317 e. The summed E-state index contributed by atoms with van der Waals surface area (Å²) in [5.74, 6) is 0. The Bertz CT molecular complexity index is 792. The van der Waals surface area contributed by atoms with Crippen LogP contribution in [0.1, 0.15) is 11.1 Å². The first-order valence-corrected chi connectivity index (χ1v) is 9.06. The smallest absolute Gasteiger partial charge is 0.317 e. The summed E-state index contributed by atoms with van der Waals surface area (Å²) in [7, 11) is 0. The van der Waals surface area contributed by atoms with Crippen molar-refractivity contribution in [1.29, 1.82) is 5.26 Å². The third kappa shape index (κ3) is 4.47. The zero-order valence-corrected chi connectivity index (χ0v) is 15.2. The van der Waals surface area contributed by atoms with Crippen molar-refractivity contribution in [2.24, 2.45) is 0 Å². The Hall–Kier alpha value is -2.71. The van der Waals surface area contributed by atoms with Crippen molar-refractivity contribution < 1.29 is 4.79 Å². The maximum absolute atomic E-state index is 12.3. The molecule has 134 valence electrons. The van der Waals surface area contributed by atoms with E-state index in [0.29, 0.717) is 30.2 Å². The van der Waals surface area contributed by atoms with Crippen LogP contribution in [0, 0.1) is 11.3 Å². The zero-order valence-electron chi connectivity index (χ0n) is 14.5. The van der Waals surface area contributed by atoms with Crippen molar-refractivity contribution in [3.05, 3.63) is 64.7 Å². The molecular weight excluding hydrogens is 348 g/mol. The van der Waals surface area contributed by atoms with Gasteiger partial charge in [-0.15, -0.1) is 0 Å². The Morgan fingerprint density at radius 1 is 1.08 bits per heavy atom. The summed E-state index contributed by atoms with van der Waals surface area (Å²) in [5, 5.41) is 12.9. The van der Waals surface area contributed by atoms with E-state index in [-0.39, 0.29) is 6.03 Å². The molecule has 1 fully saturated rings. The number of halogens is 1. The van der Waals surface area contributed by atoms with E-state index in [1.165, 1.54) is 0 Å². The molecule has 1 saturated heterocycles. The summed E-state index contributed by atoms with van der Waals surface area (Å²) < 4.78 is 0. The molecule has 1 N–H and O–H groups in total. The molecule has 5 nitrogen and oxygen atoms in total. The van der Waals surface area contributed by atoms with Crippen LogP contribution in [0.25, 0.3) is 0 Å². The van der Waals surface area contributed by atoms with Gasteiger partial charge in [-0.1, -0.05) is 35.9 Å². The van der Waals surface area contributed by atoms with Gasteiger partial charge in [0.2, 0.25) is 0 Å². The fourth-order valence-electron chi connectivity index (χ4n) is 3.07. The average molecular weight is 369 g/mol. The normalized spacial score (nSPS) is 14.0. The molecule has 0 spiro atoms. The Morgan fingerprint density at radius 3 is 2.46 bits per heavy atom. The summed E-state index contributed by atoms with van der Waals surface area (Å²) in [4.78, 5) is 16.3. The largest absolute Gasteiger partial charge is 0.367 e. The number of rotatable bonds is 4. The Morgan fingerprint density at radius 2 is 1.77 bits per heavy atom. The number of urea groups is 1. The van der Waals surface area contributed by atoms with Crippen LogP contribution < -0.4 is 10.2 Å². The first-order chi connectivity index (χ1) is 12.7. The van der Waals surface area contributed by atoms with Crippen LogP contribution >= 0.6 is 11.6 Å². The molecule has 6 heteroatoms. The van der Waals surface area contributed by atoms with Gasteiger partial charge in [0.15, 0.2) is 0 Å². The third-order valence-electron chi connectivity index (χ3n) is 4.54. The Kier molecular flexibility index (Phi) is 5.98. The monoisotopic (exact) mass is 368 g/mol. The highest BCUT2D eigenvalue weighted by molar-refractivity contribution is 6.30. The summed E-state index contributed by atoms with van der Waals surface area (Å²) in [6.07, 6.45) is 0.776. The van der Waals surface area contributed by atoms with E-state index in [9.17, 15) is 10.1 Å². The molecule has 2 aromatic rings. The minimum atomic E-state index is -0.0350. The van der Waals surface area contributed by atoms with Crippen molar-refractivity contribution in [3.63, 3.8) is 0 Å². The third-order valence-corrected chi connectivity index (χ3v) is 4.79. The number of para-hydroxylation sites is 1. The second kappa shape index (κ2) is 8.59. The molecule has 0 aliphatic carbocycles. The van der Waals surface area contributed by atoms with Gasteiger partial charge >= 0.3 is 6.03 Å². The fraction of sp³-hybridized carbons (Fsp3) is 0.300. The van der Waals surface area contributed by atoms with Crippen LogP contribution in [0.5, 0.6) is 0 Å². The lowest BCUT2D eigenvalue weighted by Gasteiger charge is -2.36. The summed E-state index contributed by atoms with van der Waals surface area (Å²) in [6.45, 7) is 3.34. The lowest BCUT2D eigenvalue weighted by molar-refractivity contribution is 0.194. The summed E-state index contributed by atoms with van der Waals surface area (Å²) in [6, 6.07) is 17.4. The number of nitriles is 1. The highest BCUT2D eigenvalue weighted by Gasteiger charge is 2.22. The molecular formula is C20H21ClN4O. The van der Waals surface area contributed by atoms with Gasteiger partial charge in [0.05, 0.1) is 11.3 Å². The minimum Gasteiger partial charge on any atom is -0.367 e. The van der Waals surface area contributed by atoms with E-state index in [4.69, 9.17) is 11.6 Å². The number of piperazine rings is 1. The summed E-state index contributed by atoms with van der Waals surface area (Å²) in [5.41, 5.74) is 2.76. The van der Waals surface area contributed by atoms with Crippen LogP contribution in [0.3, 0.4) is 0 Å². The molecule has 0 saturated carbocycles. The van der Waals surface area contributed by atoms with E-state index >= 15 is 0 Å². The number of nitrogens with one attached hydrogen (secondary N) is 1. The molecule has 3 rings (SSSR count). The van der Waals surface area contributed by atoms with E-state index in [1.807, 2.05) is 53.4 Å². The van der Waals surface area contributed by atoms with Crippen molar-refractivity contribution in [3.8, 4) is 6.07 Å². The lowest BCUT2D eigenvalue weighted by atomic mass is 10.1. The number of carbonyl (C=O) groups is 1. The van der Waals surface area contributed by atoms with Gasteiger partial charge < -0.3 is 15.1 Å². The SMILES string of the molecule is N#Cc1ccccc1N1CCN(C(=O)NCCc2ccc(Cl)cc2)CC1. The second-order valence-corrected chi connectivity index (χ2v) is 6.65. The minimum absolute atomic E-state index is 0.0350. The van der Waals surface area contributed by atoms with Gasteiger partial charge in [-0.2, -0.15) is 5.26 Å². The van der Waals surface area contributed by atoms with E-state index in [0.717, 1.165) is 30.8 Å². The van der Waals surface area contributed by atoms with Crippen molar-refractivity contribution in [2.75, 3.05) is 37.6 Å². The molecule has 0 atom stereocenters. The fourth-order valence-corrected chi connectivity index (χ4v) is 3.20. The molecule has 1 aliphatic heterocycles. The second-order valence-electron chi connectivity index (χ2n) is 6.21. The first-order valence-electron chi connectivity index (χ1n) is 8.68. The predicted octanol–water partition coefficient (Wildman–Crippen LogP) is 3.29. The van der Waals surface area contributed by atoms with Gasteiger partial charge in [-0.25, -0.2) is 4.79 Å². The van der Waals surface area contributed by atoms with Crippen molar-refractivity contribution in [1.82, 2.24) is 10.2 Å². The molecule has 1 heterocycles. The van der Waals surface area contributed by atoms with E-state index in [1.54, 1.807) is 0 Å². The number of anilines is 1. The highest BCUT2D eigenvalue weighted by atomic mass is 35.5. The van der Waals surface area contributed by atoms with E-state index in [2.05, 4.69) is 16.3 Å². The number of amides is 2. The average Bonchev–Trinajstić information content (AvgIpc) is 2.69. The molecule has 2 amide bonds. The standard InChI is InChI=1S/C20H21ClN4O/c21-18-7-5-16(6-8-18)9-10-23-20(26)25-13-11-24(12-14-25)19-4-2-1-3-17(19)15-22/h1-8H,9-14H2,(H,23,26). The van der Waals surface area contributed by atoms with Crippen molar-refractivity contribution >= 4 is 23.3 Å². The van der Waals surface area contributed by atoms with Gasteiger partial charge in [0.1, 0.15) is 6.07 Å². The predicted molar refractivity (Wildman–Crippen MR) is 103 cm³/mol. The van der Waals surface area contributed by atoms with Crippen molar-refractivity contribution in [2.45, 2.75) is 6.42 Å². The quantitative estimate of drug-likeness (QED) is 0.900. The molecule has 26 heavy (non-hydrogen) atoms. The Labute approximate surface area is 158 Å². The van der Waals surface area contributed by atoms with Gasteiger partial charge in [-0.3, -0.25) is 0 Å². The highest BCUT2D eigenvalue weighted by Crippen LogP contribution is 2.21. The maximum atomic E-state index is 12.3. The van der Waals surface area contributed by atoms with Crippen LogP contribution in [-0.2, 0) is 6.42 Å². The number of benzene rings is 2. The van der Waals surface area contributed by atoms with Crippen LogP contribution in [-0.4, -0.2) is 43.7 Å².